The van der Waals surface area contributed by atoms with Gasteiger partial charge in [0.2, 0.25) is 5.88 Å². The number of nitriles is 1. The number of carbonyl (C=O) groups excluding carboxylic acids is 1. The van der Waals surface area contributed by atoms with Gasteiger partial charge in [-0.3, -0.25) is 14.5 Å². The molecule has 2 aromatic carbocycles. The quantitative estimate of drug-likeness (QED) is 0.254. The summed E-state index contributed by atoms with van der Waals surface area (Å²) in [5, 5.41) is 20.6. The largest absolute Gasteiger partial charge is 0.480 e. The molecular weight excluding hydrogens is 593 g/mol. The zero-order chi connectivity index (χ0) is 32.2. The standard InChI is InChI=1S/C33H34FN7O5/c1-21(33(43)44)36-32(42)23-7-8-27-28(16-23)41(18-25-9-14-45-25)30(37-27)19-39-10-12-40(13-11-39)29-3-2-4-31(38-29)46-20-24-6-5-22(17-35)15-26(24)34/h2-8,15-16,21,25H,9-14,18-20H2,1H3,(H,36,42)(H,43,44)/t21-,25-/m0/s1. The van der Waals surface area contributed by atoms with E-state index in [2.05, 4.69) is 24.7 Å². The highest BCUT2D eigenvalue weighted by Gasteiger charge is 2.25. The van der Waals surface area contributed by atoms with E-state index < -0.39 is 23.7 Å². The number of carbonyl (C=O) groups is 2. The van der Waals surface area contributed by atoms with Gasteiger partial charge in [-0.25, -0.2) is 9.37 Å². The van der Waals surface area contributed by atoms with Crippen LogP contribution in [-0.4, -0.2) is 81.3 Å². The van der Waals surface area contributed by atoms with Crippen molar-refractivity contribution in [2.45, 2.75) is 45.2 Å². The van der Waals surface area contributed by atoms with Crippen LogP contribution in [0.4, 0.5) is 10.2 Å². The molecule has 2 N–H and O–H groups in total. The van der Waals surface area contributed by atoms with E-state index in [0.717, 1.165) is 61.9 Å². The molecule has 46 heavy (non-hydrogen) atoms. The number of amides is 1. The minimum absolute atomic E-state index is 0.00228. The van der Waals surface area contributed by atoms with Crippen molar-refractivity contribution in [1.82, 2.24) is 24.8 Å². The van der Waals surface area contributed by atoms with Crippen molar-refractivity contribution in [2.24, 2.45) is 0 Å². The molecule has 2 saturated heterocycles. The molecule has 0 bridgehead atoms. The van der Waals surface area contributed by atoms with Gasteiger partial charge in [-0.15, -0.1) is 0 Å². The molecule has 2 atom stereocenters. The third kappa shape index (κ3) is 6.93. The summed E-state index contributed by atoms with van der Waals surface area (Å²) in [6.07, 6.45) is 1.03. The second-order valence-corrected chi connectivity index (χ2v) is 11.5. The van der Waals surface area contributed by atoms with Gasteiger partial charge >= 0.3 is 5.97 Å². The molecule has 12 nitrogen and oxygen atoms in total. The molecule has 1 amide bonds. The normalized spacial score (nSPS) is 17.2. The van der Waals surface area contributed by atoms with Crippen molar-refractivity contribution < 1.29 is 28.6 Å². The molecule has 4 heterocycles. The number of nitrogens with one attached hydrogen (secondary N) is 1. The number of pyridine rings is 1. The van der Waals surface area contributed by atoms with E-state index in [4.69, 9.17) is 19.7 Å². The highest BCUT2D eigenvalue weighted by Crippen LogP contribution is 2.25. The zero-order valence-electron chi connectivity index (χ0n) is 25.4. The predicted octanol–water partition coefficient (Wildman–Crippen LogP) is 3.34. The number of piperazine rings is 1. The first-order chi connectivity index (χ1) is 22.3. The summed E-state index contributed by atoms with van der Waals surface area (Å²) in [6.45, 7) is 6.39. The van der Waals surface area contributed by atoms with Crippen LogP contribution in [0.2, 0.25) is 0 Å². The van der Waals surface area contributed by atoms with Crippen LogP contribution in [0.5, 0.6) is 5.88 Å². The molecule has 0 saturated carbocycles. The molecular formula is C33H34FN7O5. The second-order valence-electron chi connectivity index (χ2n) is 11.5. The fraction of sp³-hybridized carbons (Fsp3) is 0.364. The Hall–Kier alpha value is -5.06. The van der Waals surface area contributed by atoms with Crippen LogP contribution in [-0.2, 0) is 29.2 Å². The Labute approximate surface area is 265 Å². The van der Waals surface area contributed by atoms with E-state index in [1.165, 1.54) is 13.0 Å². The Morgan fingerprint density at radius 1 is 1.15 bits per heavy atom. The van der Waals surface area contributed by atoms with Gasteiger partial charge < -0.3 is 29.4 Å². The first-order valence-electron chi connectivity index (χ1n) is 15.2. The minimum atomic E-state index is -1.10. The number of halogens is 1. The Morgan fingerprint density at radius 3 is 2.65 bits per heavy atom. The number of carboxylic acid groups (broad SMARTS) is 1. The Kier molecular flexibility index (Phi) is 9.09. The summed E-state index contributed by atoms with van der Waals surface area (Å²) < 4.78 is 27.9. The fourth-order valence-electron chi connectivity index (χ4n) is 5.49. The smallest absolute Gasteiger partial charge is 0.325 e. The van der Waals surface area contributed by atoms with E-state index in [1.54, 1.807) is 36.4 Å². The lowest BCUT2D eigenvalue weighted by molar-refractivity contribution is -0.138. The Morgan fingerprint density at radius 2 is 1.96 bits per heavy atom. The maximum atomic E-state index is 14.3. The molecule has 0 unspecified atom stereocenters. The number of aliphatic carboxylic acids is 1. The van der Waals surface area contributed by atoms with Crippen LogP contribution in [0.25, 0.3) is 11.0 Å². The van der Waals surface area contributed by atoms with Gasteiger partial charge in [0, 0.05) is 50.0 Å². The van der Waals surface area contributed by atoms with E-state index in [1.807, 2.05) is 18.2 Å². The Bertz CT molecular complexity index is 1790. The Balaban J connectivity index is 1.11. The zero-order valence-corrected chi connectivity index (χ0v) is 25.4. The number of ether oxygens (including phenoxy) is 2. The first-order valence-corrected chi connectivity index (χ1v) is 15.2. The van der Waals surface area contributed by atoms with Gasteiger partial charge in [0.15, 0.2) is 0 Å². The maximum absolute atomic E-state index is 14.3. The number of aromatic nitrogens is 3. The van der Waals surface area contributed by atoms with Gasteiger partial charge in [0.25, 0.3) is 5.91 Å². The predicted molar refractivity (Wildman–Crippen MR) is 166 cm³/mol. The number of fused-ring (bicyclic) bond motifs is 1. The molecule has 2 fully saturated rings. The van der Waals surface area contributed by atoms with E-state index in [9.17, 15) is 19.1 Å². The van der Waals surface area contributed by atoms with Crippen molar-refractivity contribution in [1.29, 1.82) is 5.26 Å². The molecule has 0 spiro atoms. The van der Waals surface area contributed by atoms with Crippen molar-refractivity contribution in [3.05, 3.63) is 82.9 Å². The summed E-state index contributed by atoms with van der Waals surface area (Å²) in [4.78, 5) is 38.0. The van der Waals surface area contributed by atoms with Crippen molar-refractivity contribution in [3.8, 4) is 11.9 Å². The number of hydrogen-bond acceptors (Lipinski definition) is 9. The number of imidazole rings is 1. The molecule has 6 rings (SSSR count). The number of nitrogens with zero attached hydrogens (tertiary/aromatic N) is 6. The molecule has 0 aliphatic carbocycles. The molecule has 2 aromatic heterocycles. The average Bonchev–Trinajstić information content (AvgIpc) is 3.38. The monoisotopic (exact) mass is 627 g/mol. The number of rotatable bonds is 11. The van der Waals surface area contributed by atoms with E-state index in [0.29, 0.717) is 30.1 Å². The summed E-state index contributed by atoms with van der Waals surface area (Å²) in [6, 6.07) is 16.0. The number of anilines is 1. The van der Waals surface area contributed by atoms with Crippen molar-refractivity contribution >= 4 is 28.7 Å². The van der Waals surface area contributed by atoms with E-state index in [-0.39, 0.29) is 18.3 Å². The SMILES string of the molecule is C[C@H](NC(=O)c1ccc2nc(CN3CCN(c4cccc(OCc5ccc(C#N)cc5F)n4)CC3)n(C[C@@H]3CCO3)c2c1)C(=O)O. The highest BCUT2D eigenvalue weighted by molar-refractivity contribution is 5.99. The van der Waals surface area contributed by atoms with Gasteiger partial charge in [-0.2, -0.15) is 10.2 Å². The van der Waals surface area contributed by atoms with Gasteiger partial charge in [-0.05, 0) is 49.7 Å². The third-order valence-electron chi connectivity index (χ3n) is 8.31. The molecule has 13 heteroatoms. The molecule has 2 aliphatic rings. The van der Waals surface area contributed by atoms with Crippen LogP contribution in [0.3, 0.4) is 0 Å². The minimum Gasteiger partial charge on any atom is -0.480 e. The number of hydrogen-bond donors (Lipinski definition) is 2. The molecule has 4 aromatic rings. The molecule has 2 aliphatic heterocycles. The third-order valence-corrected chi connectivity index (χ3v) is 8.31. The van der Waals surface area contributed by atoms with Crippen LogP contribution >= 0.6 is 0 Å². The summed E-state index contributed by atoms with van der Waals surface area (Å²) >= 11 is 0. The number of benzene rings is 2. The second kappa shape index (κ2) is 13.5. The van der Waals surface area contributed by atoms with Crippen LogP contribution in [0.15, 0.2) is 54.6 Å². The lowest BCUT2D eigenvalue weighted by atomic mass is 10.1. The van der Waals surface area contributed by atoms with Crippen LogP contribution in [0, 0.1) is 17.1 Å². The first kappa shape index (κ1) is 30.9. The van der Waals surface area contributed by atoms with Crippen molar-refractivity contribution in [3.63, 3.8) is 0 Å². The topological polar surface area (TPSA) is 146 Å². The van der Waals surface area contributed by atoms with E-state index >= 15 is 0 Å². The van der Waals surface area contributed by atoms with Gasteiger partial charge in [-0.1, -0.05) is 12.1 Å². The lowest BCUT2D eigenvalue weighted by Gasteiger charge is -2.35. The summed E-state index contributed by atoms with van der Waals surface area (Å²) in [5.41, 5.74) is 2.55. The lowest BCUT2D eigenvalue weighted by Crippen LogP contribution is -2.46. The van der Waals surface area contributed by atoms with Gasteiger partial charge in [0.05, 0.1) is 41.9 Å². The number of carboxylic acids is 1. The fourth-order valence-corrected chi connectivity index (χ4v) is 5.49. The maximum Gasteiger partial charge on any atom is 0.325 e. The van der Waals surface area contributed by atoms with Gasteiger partial charge in [0.1, 0.15) is 30.1 Å². The molecule has 238 valence electrons. The van der Waals surface area contributed by atoms with Crippen molar-refractivity contribution in [2.75, 3.05) is 37.7 Å². The highest BCUT2D eigenvalue weighted by atomic mass is 19.1. The van der Waals surface area contributed by atoms with Crippen LogP contribution < -0.4 is 15.0 Å². The summed E-state index contributed by atoms with van der Waals surface area (Å²) in [7, 11) is 0. The molecule has 0 radical (unpaired) electrons. The average molecular weight is 628 g/mol. The van der Waals surface area contributed by atoms with Crippen LogP contribution in [0.1, 0.15) is 40.7 Å². The summed E-state index contributed by atoms with van der Waals surface area (Å²) in [5.74, 6) is -0.00456.